The third-order valence-corrected chi connectivity index (χ3v) is 3.40. The van der Waals surface area contributed by atoms with Gasteiger partial charge in [-0.05, 0) is 24.8 Å². The van der Waals surface area contributed by atoms with Gasteiger partial charge in [0.25, 0.3) is 0 Å². The van der Waals surface area contributed by atoms with Crippen molar-refractivity contribution < 1.29 is 13.5 Å². The normalized spacial score (nSPS) is 13.6. The lowest BCUT2D eigenvalue weighted by molar-refractivity contribution is 0.164. The van der Waals surface area contributed by atoms with Crippen molar-refractivity contribution in [2.45, 2.75) is 25.4 Å². The van der Waals surface area contributed by atoms with Crippen LogP contribution < -0.4 is 0 Å². The highest BCUT2D eigenvalue weighted by atomic mass is 32.2. The van der Waals surface area contributed by atoms with E-state index in [9.17, 15) is 13.5 Å². The highest BCUT2D eigenvalue weighted by Crippen LogP contribution is 2.07. The maximum absolute atomic E-state index is 10.9. The molecule has 0 heterocycles. The van der Waals surface area contributed by atoms with Gasteiger partial charge in [0.2, 0.25) is 0 Å². The van der Waals surface area contributed by atoms with E-state index >= 15 is 0 Å². The number of hydrogen-bond donors (Lipinski definition) is 1. The Morgan fingerprint density at radius 1 is 1.25 bits per heavy atom. The molecule has 4 heteroatoms. The first-order chi connectivity index (χ1) is 7.47. The molecule has 0 fully saturated rings. The number of hydrogen-bond acceptors (Lipinski definition) is 3. The number of aliphatic hydroxyl groups is 1. The molecule has 0 saturated carbocycles. The summed E-state index contributed by atoms with van der Waals surface area (Å²) < 4.78 is 21.8. The van der Waals surface area contributed by atoms with Crippen LogP contribution in [0.3, 0.4) is 0 Å². The first-order valence-electron chi connectivity index (χ1n) is 5.37. The molecular formula is C12H18O3S. The molecule has 0 amide bonds. The zero-order valence-electron chi connectivity index (χ0n) is 9.46. The van der Waals surface area contributed by atoms with E-state index in [4.69, 9.17) is 0 Å². The summed E-state index contributed by atoms with van der Waals surface area (Å²) in [5.74, 6) is 0.152. The molecule has 0 aromatic heterocycles. The lowest BCUT2D eigenvalue weighted by Crippen LogP contribution is -2.13. The second-order valence-electron chi connectivity index (χ2n) is 4.12. The smallest absolute Gasteiger partial charge is 0.147 e. The Morgan fingerprint density at radius 3 is 2.44 bits per heavy atom. The zero-order chi connectivity index (χ0) is 12.0. The van der Waals surface area contributed by atoms with E-state index in [0.717, 1.165) is 5.56 Å². The fraction of sp³-hybridized carbons (Fsp3) is 0.500. The first-order valence-corrected chi connectivity index (χ1v) is 7.43. The number of rotatable bonds is 6. The minimum Gasteiger partial charge on any atom is -0.393 e. The van der Waals surface area contributed by atoms with Crippen LogP contribution in [0.2, 0.25) is 0 Å². The maximum atomic E-state index is 10.9. The standard InChI is InChI=1S/C12H18O3S/c1-16(14,15)9-5-8-12(13)10-11-6-3-2-4-7-11/h2-4,6-7,12-13H,5,8-10H2,1H3. The second-order valence-corrected chi connectivity index (χ2v) is 6.38. The fourth-order valence-corrected chi connectivity index (χ4v) is 2.26. The van der Waals surface area contributed by atoms with Crippen LogP contribution in [0.5, 0.6) is 0 Å². The van der Waals surface area contributed by atoms with E-state index in [2.05, 4.69) is 0 Å². The summed E-state index contributed by atoms with van der Waals surface area (Å²) in [6, 6.07) is 9.70. The summed E-state index contributed by atoms with van der Waals surface area (Å²) in [7, 11) is -2.90. The number of benzene rings is 1. The molecule has 1 rings (SSSR count). The van der Waals surface area contributed by atoms with E-state index in [-0.39, 0.29) is 5.75 Å². The van der Waals surface area contributed by atoms with Gasteiger partial charge in [-0.15, -0.1) is 0 Å². The van der Waals surface area contributed by atoms with Crippen molar-refractivity contribution in [2.24, 2.45) is 0 Å². The predicted molar refractivity (Wildman–Crippen MR) is 65.1 cm³/mol. The molecule has 3 nitrogen and oxygen atoms in total. The average Bonchev–Trinajstić information content (AvgIpc) is 2.17. The van der Waals surface area contributed by atoms with Crippen LogP contribution in [0.15, 0.2) is 30.3 Å². The molecule has 1 aromatic rings. The minimum atomic E-state index is -2.90. The molecule has 0 aliphatic carbocycles. The molecule has 1 atom stereocenters. The van der Waals surface area contributed by atoms with Crippen molar-refractivity contribution >= 4 is 9.84 Å². The summed E-state index contributed by atoms with van der Waals surface area (Å²) in [4.78, 5) is 0. The quantitative estimate of drug-likeness (QED) is 0.820. The van der Waals surface area contributed by atoms with Crippen LogP contribution in [0, 0.1) is 0 Å². The third-order valence-electron chi connectivity index (χ3n) is 2.37. The van der Waals surface area contributed by atoms with Crippen LogP contribution >= 0.6 is 0 Å². The van der Waals surface area contributed by atoms with Gasteiger partial charge in [0.15, 0.2) is 0 Å². The molecule has 0 bridgehead atoms. The van der Waals surface area contributed by atoms with Crippen LogP contribution in [0.4, 0.5) is 0 Å². The van der Waals surface area contributed by atoms with Gasteiger partial charge in [-0.1, -0.05) is 30.3 Å². The average molecular weight is 242 g/mol. The van der Waals surface area contributed by atoms with Crippen LogP contribution in [0.25, 0.3) is 0 Å². The Kier molecular flexibility index (Phi) is 4.96. The number of aliphatic hydroxyl groups excluding tert-OH is 1. The van der Waals surface area contributed by atoms with E-state index in [1.807, 2.05) is 30.3 Å². The Balaban J connectivity index is 2.29. The third kappa shape index (κ3) is 5.88. The molecule has 16 heavy (non-hydrogen) atoms. The lowest BCUT2D eigenvalue weighted by Gasteiger charge is -2.09. The Morgan fingerprint density at radius 2 is 1.88 bits per heavy atom. The molecular weight excluding hydrogens is 224 g/mol. The van der Waals surface area contributed by atoms with Crippen molar-refractivity contribution in [3.8, 4) is 0 Å². The molecule has 0 spiro atoms. The van der Waals surface area contributed by atoms with Gasteiger partial charge in [0, 0.05) is 12.0 Å². The van der Waals surface area contributed by atoms with E-state index in [0.29, 0.717) is 19.3 Å². The zero-order valence-corrected chi connectivity index (χ0v) is 10.3. The van der Waals surface area contributed by atoms with Gasteiger partial charge in [-0.3, -0.25) is 0 Å². The molecule has 0 radical (unpaired) electrons. The van der Waals surface area contributed by atoms with Gasteiger partial charge < -0.3 is 5.11 Å². The molecule has 1 N–H and O–H groups in total. The van der Waals surface area contributed by atoms with Crippen LogP contribution in [-0.4, -0.2) is 31.6 Å². The summed E-state index contributed by atoms with van der Waals surface area (Å²) in [5.41, 5.74) is 1.08. The molecule has 1 aromatic carbocycles. The predicted octanol–water partition coefficient (Wildman–Crippen LogP) is 1.41. The van der Waals surface area contributed by atoms with Crippen molar-refractivity contribution in [3.05, 3.63) is 35.9 Å². The molecule has 90 valence electrons. The Bertz CT molecular complexity index is 398. The van der Waals surface area contributed by atoms with Crippen molar-refractivity contribution in [1.29, 1.82) is 0 Å². The Hall–Kier alpha value is -0.870. The molecule has 1 unspecified atom stereocenters. The minimum absolute atomic E-state index is 0.152. The van der Waals surface area contributed by atoms with Gasteiger partial charge in [0.1, 0.15) is 9.84 Å². The van der Waals surface area contributed by atoms with Gasteiger partial charge in [-0.25, -0.2) is 8.42 Å². The lowest BCUT2D eigenvalue weighted by atomic mass is 10.1. The Labute approximate surface area is 97.0 Å². The van der Waals surface area contributed by atoms with Crippen LogP contribution in [0.1, 0.15) is 18.4 Å². The van der Waals surface area contributed by atoms with Gasteiger partial charge >= 0.3 is 0 Å². The van der Waals surface area contributed by atoms with Crippen LogP contribution in [-0.2, 0) is 16.3 Å². The van der Waals surface area contributed by atoms with E-state index in [1.54, 1.807) is 0 Å². The SMILES string of the molecule is CS(=O)(=O)CCCC(O)Cc1ccccc1. The van der Waals surface area contributed by atoms with Crippen molar-refractivity contribution in [1.82, 2.24) is 0 Å². The second kappa shape index (κ2) is 6.01. The fourth-order valence-electron chi connectivity index (χ4n) is 1.57. The van der Waals surface area contributed by atoms with Gasteiger partial charge in [-0.2, -0.15) is 0 Å². The maximum Gasteiger partial charge on any atom is 0.147 e. The largest absolute Gasteiger partial charge is 0.393 e. The summed E-state index contributed by atoms with van der Waals surface area (Å²) in [5, 5.41) is 9.70. The summed E-state index contributed by atoms with van der Waals surface area (Å²) in [6.45, 7) is 0. The first kappa shape index (κ1) is 13.2. The summed E-state index contributed by atoms with van der Waals surface area (Å²) >= 11 is 0. The highest BCUT2D eigenvalue weighted by molar-refractivity contribution is 7.90. The van der Waals surface area contributed by atoms with Crippen molar-refractivity contribution in [3.63, 3.8) is 0 Å². The van der Waals surface area contributed by atoms with E-state index in [1.165, 1.54) is 6.26 Å². The number of sulfone groups is 1. The monoisotopic (exact) mass is 242 g/mol. The summed E-state index contributed by atoms with van der Waals surface area (Å²) in [6.07, 6.45) is 2.40. The molecule has 0 aliphatic heterocycles. The molecule has 0 aliphatic rings. The topological polar surface area (TPSA) is 54.4 Å². The van der Waals surface area contributed by atoms with Gasteiger partial charge in [0.05, 0.1) is 6.10 Å². The molecule has 0 saturated heterocycles. The highest BCUT2D eigenvalue weighted by Gasteiger charge is 2.08. The van der Waals surface area contributed by atoms with Crippen molar-refractivity contribution in [2.75, 3.05) is 12.0 Å². The van der Waals surface area contributed by atoms with E-state index < -0.39 is 15.9 Å².